The lowest BCUT2D eigenvalue weighted by molar-refractivity contribution is -0.132. The van der Waals surface area contributed by atoms with Gasteiger partial charge in [0.1, 0.15) is 0 Å². The van der Waals surface area contributed by atoms with Crippen LogP contribution in [0, 0.1) is 5.92 Å². The van der Waals surface area contributed by atoms with Crippen LogP contribution in [0.5, 0.6) is 0 Å². The van der Waals surface area contributed by atoms with Crippen molar-refractivity contribution in [3.05, 3.63) is 95.5 Å². The van der Waals surface area contributed by atoms with E-state index in [1.807, 2.05) is 42.5 Å². The lowest BCUT2D eigenvalue weighted by Crippen LogP contribution is -2.32. The minimum absolute atomic E-state index is 0.00773. The van der Waals surface area contributed by atoms with Gasteiger partial charge in [-0.05, 0) is 29.8 Å². The molecule has 2 atom stereocenters. The Morgan fingerprint density at radius 1 is 1.04 bits per heavy atom. The fraction of sp³-hybridized carbons (Fsp3) is 0.136. The minimum atomic E-state index is -0.646. The van der Waals surface area contributed by atoms with Crippen LogP contribution in [0.25, 0.3) is 0 Å². The van der Waals surface area contributed by atoms with Gasteiger partial charge in [0.15, 0.2) is 0 Å². The first-order valence-corrected chi connectivity index (χ1v) is 9.32. The fourth-order valence-electron chi connectivity index (χ4n) is 3.47. The van der Waals surface area contributed by atoms with E-state index < -0.39 is 11.7 Å². The predicted octanol–water partition coefficient (Wildman–Crippen LogP) is 3.75. The number of hydrogen-bond acceptors (Lipinski definition) is 4. The molecule has 1 aliphatic carbocycles. The van der Waals surface area contributed by atoms with Gasteiger partial charge in [0.05, 0.1) is 6.04 Å². The van der Waals surface area contributed by atoms with Gasteiger partial charge in [0.25, 0.3) is 5.91 Å². The lowest BCUT2D eigenvalue weighted by atomic mass is 9.88. The van der Waals surface area contributed by atoms with Crippen molar-refractivity contribution in [3.63, 3.8) is 0 Å². The predicted molar refractivity (Wildman–Crippen MR) is 109 cm³/mol. The Balaban J connectivity index is 1.55. The van der Waals surface area contributed by atoms with Crippen LogP contribution < -0.4 is 5.32 Å². The SMILES string of the molecule is O=C(Nc1ccncc1)C(=O)C1=CN(Cc2ccc(Cl)cc2)C2C=CC=CC12. The Morgan fingerprint density at radius 2 is 1.75 bits per heavy atom. The number of Topliss-reactive ketones (excluding diaryl/α,β-unsaturated/α-hetero) is 1. The number of nitrogens with zero attached hydrogens (tertiary/aromatic N) is 2. The van der Waals surface area contributed by atoms with Gasteiger partial charge in [-0.15, -0.1) is 0 Å². The molecule has 1 N–H and O–H groups in total. The van der Waals surface area contributed by atoms with Gasteiger partial charge in [0.2, 0.25) is 5.78 Å². The topological polar surface area (TPSA) is 62.3 Å². The molecule has 0 saturated heterocycles. The summed E-state index contributed by atoms with van der Waals surface area (Å²) in [6.07, 6.45) is 12.8. The number of amides is 1. The van der Waals surface area contributed by atoms with Gasteiger partial charge in [0, 0.05) is 47.3 Å². The third-order valence-corrected chi connectivity index (χ3v) is 5.09. The molecule has 140 valence electrons. The second-order valence-corrected chi connectivity index (χ2v) is 7.12. The molecule has 2 aromatic rings. The third-order valence-electron chi connectivity index (χ3n) is 4.84. The standard InChI is InChI=1S/C22H18ClN3O2/c23-16-7-5-15(6-8-16)13-26-14-19(18-3-1-2-4-20(18)26)21(27)22(28)25-17-9-11-24-12-10-17/h1-12,14,18,20H,13H2,(H,24,25,28). The zero-order valence-corrected chi connectivity index (χ0v) is 15.7. The Morgan fingerprint density at radius 3 is 2.50 bits per heavy atom. The average Bonchev–Trinajstić information content (AvgIpc) is 3.08. The molecule has 0 fully saturated rings. The number of fused-ring (bicyclic) bond motifs is 1. The maximum absolute atomic E-state index is 12.8. The van der Waals surface area contributed by atoms with Crippen LogP contribution in [-0.4, -0.2) is 27.6 Å². The molecule has 5 nitrogen and oxygen atoms in total. The molecule has 1 amide bonds. The van der Waals surface area contributed by atoms with E-state index in [2.05, 4.69) is 21.3 Å². The van der Waals surface area contributed by atoms with Crippen LogP contribution in [0.2, 0.25) is 5.02 Å². The van der Waals surface area contributed by atoms with E-state index in [1.54, 1.807) is 30.7 Å². The fourth-order valence-corrected chi connectivity index (χ4v) is 3.59. The van der Waals surface area contributed by atoms with Crippen LogP contribution in [0.4, 0.5) is 5.69 Å². The Kier molecular flexibility index (Phi) is 5.08. The first kappa shape index (κ1) is 18.2. The number of ketones is 1. The summed E-state index contributed by atoms with van der Waals surface area (Å²) in [7, 11) is 0. The number of allylic oxidation sites excluding steroid dienone is 2. The number of nitrogens with one attached hydrogen (secondary N) is 1. The molecule has 0 spiro atoms. The molecule has 2 heterocycles. The molecule has 1 aliphatic heterocycles. The van der Waals surface area contributed by atoms with Crippen molar-refractivity contribution in [2.24, 2.45) is 5.92 Å². The molecular weight excluding hydrogens is 374 g/mol. The summed E-state index contributed by atoms with van der Waals surface area (Å²) in [4.78, 5) is 31.3. The minimum Gasteiger partial charge on any atom is -0.365 e. The van der Waals surface area contributed by atoms with Crippen molar-refractivity contribution in [1.82, 2.24) is 9.88 Å². The number of hydrogen-bond donors (Lipinski definition) is 1. The number of carbonyl (C=O) groups is 2. The number of aromatic nitrogens is 1. The quantitative estimate of drug-likeness (QED) is 0.788. The van der Waals surface area contributed by atoms with Crippen molar-refractivity contribution < 1.29 is 9.59 Å². The van der Waals surface area contributed by atoms with Crippen LogP contribution in [-0.2, 0) is 16.1 Å². The Hall–Kier alpha value is -3.18. The first-order chi connectivity index (χ1) is 13.6. The third kappa shape index (κ3) is 3.75. The number of carbonyl (C=O) groups excluding carboxylic acids is 2. The van der Waals surface area contributed by atoms with Crippen molar-refractivity contribution in [3.8, 4) is 0 Å². The summed E-state index contributed by atoms with van der Waals surface area (Å²) in [5.74, 6) is -1.31. The van der Waals surface area contributed by atoms with E-state index in [-0.39, 0.29) is 12.0 Å². The van der Waals surface area contributed by atoms with E-state index >= 15 is 0 Å². The van der Waals surface area contributed by atoms with Crippen molar-refractivity contribution in [2.45, 2.75) is 12.6 Å². The highest BCUT2D eigenvalue weighted by Gasteiger charge is 2.38. The second kappa shape index (κ2) is 7.82. The molecule has 0 saturated carbocycles. The maximum atomic E-state index is 12.8. The molecule has 1 aromatic heterocycles. The molecule has 2 unspecified atom stereocenters. The molecule has 0 bridgehead atoms. The van der Waals surface area contributed by atoms with Crippen molar-refractivity contribution in [1.29, 1.82) is 0 Å². The van der Waals surface area contributed by atoms with E-state index in [4.69, 9.17) is 11.6 Å². The van der Waals surface area contributed by atoms with E-state index in [1.165, 1.54) is 0 Å². The number of halogens is 1. The largest absolute Gasteiger partial charge is 0.365 e. The van der Waals surface area contributed by atoms with E-state index in [0.717, 1.165) is 5.56 Å². The molecular formula is C22H18ClN3O2. The highest BCUT2D eigenvalue weighted by molar-refractivity contribution is 6.46. The normalized spacial score (nSPS) is 19.9. The number of benzene rings is 1. The summed E-state index contributed by atoms with van der Waals surface area (Å²) in [6, 6.07) is 10.9. The van der Waals surface area contributed by atoms with Crippen LogP contribution >= 0.6 is 11.6 Å². The highest BCUT2D eigenvalue weighted by Crippen LogP contribution is 2.34. The van der Waals surface area contributed by atoms with Crippen LogP contribution in [0.15, 0.2) is 84.9 Å². The van der Waals surface area contributed by atoms with Gasteiger partial charge in [-0.3, -0.25) is 14.6 Å². The molecule has 28 heavy (non-hydrogen) atoms. The average molecular weight is 392 g/mol. The van der Waals surface area contributed by atoms with Gasteiger partial charge in [-0.25, -0.2) is 0 Å². The summed E-state index contributed by atoms with van der Waals surface area (Å²) in [5, 5.41) is 3.32. The lowest BCUT2D eigenvalue weighted by Gasteiger charge is -2.28. The molecule has 2 aliphatic rings. The van der Waals surface area contributed by atoms with Crippen LogP contribution in [0.3, 0.4) is 0 Å². The number of pyridine rings is 1. The summed E-state index contributed by atoms with van der Waals surface area (Å²) >= 11 is 5.97. The number of rotatable bonds is 5. The first-order valence-electron chi connectivity index (χ1n) is 8.94. The maximum Gasteiger partial charge on any atom is 0.296 e. The summed E-state index contributed by atoms with van der Waals surface area (Å²) in [6.45, 7) is 0.624. The van der Waals surface area contributed by atoms with Gasteiger partial charge >= 0.3 is 0 Å². The van der Waals surface area contributed by atoms with Crippen molar-refractivity contribution in [2.75, 3.05) is 5.32 Å². The Labute approximate surface area is 168 Å². The number of anilines is 1. The highest BCUT2D eigenvalue weighted by atomic mass is 35.5. The zero-order chi connectivity index (χ0) is 19.5. The van der Waals surface area contributed by atoms with E-state index in [9.17, 15) is 9.59 Å². The molecule has 0 radical (unpaired) electrons. The summed E-state index contributed by atoms with van der Waals surface area (Å²) < 4.78 is 0. The van der Waals surface area contributed by atoms with Crippen LogP contribution in [0.1, 0.15) is 5.56 Å². The molecule has 4 rings (SSSR count). The molecule has 1 aromatic carbocycles. The van der Waals surface area contributed by atoms with Crippen molar-refractivity contribution >= 4 is 29.0 Å². The monoisotopic (exact) mass is 391 g/mol. The summed E-state index contributed by atoms with van der Waals surface area (Å²) in [5.41, 5.74) is 2.11. The van der Waals surface area contributed by atoms with Gasteiger partial charge < -0.3 is 10.2 Å². The zero-order valence-electron chi connectivity index (χ0n) is 15.0. The second-order valence-electron chi connectivity index (χ2n) is 6.69. The smallest absolute Gasteiger partial charge is 0.296 e. The molecule has 6 heteroatoms. The van der Waals surface area contributed by atoms with Gasteiger partial charge in [-0.1, -0.05) is 48.0 Å². The van der Waals surface area contributed by atoms with Gasteiger partial charge in [-0.2, -0.15) is 0 Å². The van der Waals surface area contributed by atoms with E-state index in [0.29, 0.717) is 22.8 Å². The Bertz CT molecular complexity index is 981.